The van der Waals surface area contributed by atoms with Gasteiger partial charge in [-0.3, -0.25) is 24.0 Å². The Morgan fingerprint density at radius 1 is 0.718 bits per heavy atom. The molecule has 0 aromatic heterocycles. The van der Waals surface area contributed by atoms with Crippen LogP contribution >= 0.6 is 0 Å². The van der Waals surface area contributed by atoms with Gasteiger partial charge < -0.3 is 29.4 Å². The van der Waals surface area contributed by atoms with Crippen molar-refractivity contribution < 1.29 is 57.6 Å². The standard InChI is InChI=1S/C23H27N3O12Si/c27-17(24-6-1-7-39(34,35)36)11-14-8-15(12-22(32)37-25-18(28)2-3-19(25)29)10-16(9-14)13-23(33)38-26-20(30)4-5-21(26)31/h8-10,34-36H,1-7,11-13H2,(H,24,27). The average molecular weight is 566 g/mol. The molecule has 5 amide bonds. The lowest BCUT2D eigenvalue weighted by atomic mass is 9.99. The average Bonchev–Trinajstić information content (AvgIpc) is 3.31. The fourth-order valence-electron chi connectivity index (χ4n) is 3.86. The van der Waals surface area contributed by atoms with Gasteiger partial charge in [0.1, 0.15) is 0 Å². The Balaban J connectivity index is 1.69. The fourth-order valence-corrected chi connectivity index (χ4v) is 4.52. The second kappa shape index (κ2) is 12.7. The van der Waals surface area contributed by atoms with Crippen molar-refractivity contribution >= 4 is 50.3 Å². The van der Waals surface area contributed by atoms with Crippen LogP contribution in [-0.4, -0.2) is 81.3 Å². The third-order valence-corrected chi connectivity index (χ3v) is 6.61. The summed E-state index contributed by atoms with van der Waals surface area (Å²) in [6, 6.07) is 4.12. The van der Waals surface area contributed by atoms with Crippen molar-refractivity contribution in [2.45, 2.75) is 57.4 Å². The number of carbonyl (C=O) groups is 7. The van der Waals surface area contributed by atoms with Crippen molar-refractivity contribution in [2.75, 3.05) is 6.54 Å². The first-order valence-corrected chi connectivity index (χ1v) is 14.0. The van der Waals surface area contributed by atoms with Crippen LogP contribution in [0.3, 0.4) is 0 Å². The Kier molecular flexibility index (Phi) is 9.63. The minimum Gasteiger partial charge on any atom is -0.390 e. The predicted octanol–water partition coefficient (Wildman–Crippen LogP) is -2.05. The van der Waals surface area contributed by atoms with E-state index >= 15 is 0 Å². The van der Waals surface area contributed by atoms with E-state index in [1.165, 1.54) is 18.2 Å². The summed E-state index contributed by atoms with van der Waals surface area (Å²) < 4.78 is 0. The van der Waals surface area contributed by atoms with Gasteiger partial charge >= 0.3 is 20.7 Å². The van der Waals surface area contributed by atoms with Gasteiger partial charge in [0.2, 0.25) is 5.91 Å². The molecule has 0 radical (unpaired) electrons. The van der Waals surface area contributed by atoms with Gasteiger partial charge in [-0.25, -0.2) is 9.59 Å². The molecule has 39 heavy (non-hydrogen) atoms. The Morgan fingerprint density at radius 2 is 1.10 bits per heavy atom. The van der Waals surface area contributed by atoms with Crippen LogP contribution < -0.4 is 5.32 Å². The molecular formula is C23H27N3O12Si. The SMILES string of the molecule is O=C(Cc1cc(CC(=O)ON2C(=O)CCC2=O)cc(CC(=O)ON2C(=O)CCC2=O)c1)NCCC[Si](O)(O)O. The quantitative estimate of drug-likeness (QED) is 0.122. The summed E-state index contributed by atoms with van der Waals surface area (Å²) in [5.74, 6) is -4.98. The van der Waals surface area contributed by atoms with Crippen molar-refractivity contribution in [3.05, 3.63) is 34.9 Å². The van der Waals surface area contributed by atoms with Gasteiger partial charge in [-0.2, -0.15) is 0 Å². The molecule has 1 aromatic carbocycles. The van der Waals surface area contributed by atoms with Gasteiger partial charge in [0, 0.05) is 38.3 Å². The molecule has 2 aliphatic heterocycles. The predicted molar refractivity (Wildman–Crippen MR) is 127 cm³/mol. The topological polar surface area (TPSA) is 217 Å². The van der Waals surface area contributed by atoms with Crippen molar-refractivity contribution in [3.63, 3.8) is 0 Å². The van der Waals surface area contributed by atoms with Crippen LogP contribution in [0.4, 0.5) is 0 Å². The fraction of sp³-hybridized carbons (Fsp3) is 0.435. The highest BCUT2D eigenvalue weighted by Crippen LogP contribution is 2.18. The lowest BCUT2D eigenvalue weighted by Gasteiger charge is -2.15. The molecule has 210 valence electrons. The molecule has 0 unspecified atom stereocenters. The van der Waals surface area contributed by atoms with Crippen LogP contribution in [0.25, 0.3) is 0 Å². The molecule has 2 fully saturated rings. The number of nitrogens with zero attached hydrogens (tertiary/aromatic N) is 2. The van der Waals surface area contributed by atoms with Gasteiger partial charge in [0.25, 0.3) is 23.6 Å². The minimum atomic E-state index is -4.22. The number of imide groups is 2. The first-order valence-electron chi connectivity index (χ1n) is 12.0. The first kappa shape index (κ1) is 29.6. The Morgan fingerprint density at radius 3 is 1.49 bits per heavy atom. The molecule has 15 nitrogen and oxygen atoms in total. The minimum absolute atomic E-state index is 0.0518. The number of nitrogens with one attached hydrogen (secondary N) is 1. The zero-order chi connectivity index (χ0) is 28.7. The number of rotatable bonds is 12. The van der Waals surface area contributed by atoms with Crippen LogP contribution in [-0.2, 0) is 62.5 Å². The maximum Gasteiger partial charge on any atom is 0.492 e. The summed E-state index contributed by atoms with van der Waals surface area (Å²) in [7, 11) is -4.22. The van der Waals surface area contributed by atoms with E-state index in [0.717, 1.165) is 0 Å². The Hall–Kier alpha value is -3.99. The maximum atomic E-state index is 12.4. The molecule has 0 aliphatic carbocycles. The number of hydrogen-bond acceptors (Lipinski definition) is 12. The van der Waals surface area contributed by atoms with Gasteiger partial charge in [-0.15, -0.1) is 10.1 Å². The highest BCUT2D eigenvalue weighted by Gasteiger charge is 2.34. The lowest BCUT2D eigenvalue weighted by Crippen LogP contribution is -2.36. The molecule has 0 atom stereocenters. The van der Waals surface area contributed by atoms with Crippen molar-refractivity contribution in [1.29, 1.82) is 0 Å². The number of hydroxylamine groups is 4. The summed E-state index contributed by atoms with van der Waals surface area (Å²) >= 11 is 0. The molecule has 2 heterocycles. The molecule has 16 heteroatoms. The van der Waals surface area contributed by atoms with Gasteiger partial charge in [-0.1, -0.05) is 18.2 Å². The van der Waals surface area contributed by atoms with E-state index in [9.17, 15) is 33.6 Å². The molecule has 0 bridgehead atoms. The van der Waals surface area contributed by atoms with Crippen LogP contribution in [0.2, 0.25) is 6.04 Å². The van der Waals surface area contributed by atoms with Crippen molar-refractivity contribution in [2.24, 2.45) is 0 Å². The summed E-state index contributed by atoms with van der Waals surface area (Å²) in [4.78, 5) is 121. The van der Waals surface area contributed by atoms with Gasteiger partial charge in [0.05, 0.1) is 19.3 Å². The Bertz CT molecular complexity index is 1090. The molecule has 0 saturated carbocycles. The largest absolute Gasteiger partial charge is 0.492 e. The summed E-state index contributed by atoms with van der Waals surface area (Å²) in [5.41, 5.74) is 0.909. The second-order valence-corrected chi connectivity index (χ2v) is 11.1. The van der Waals surface area contributed by atoms with Crippen LogP contribution in [0.1, 0.15) is 48.8 Å². The second-order valence-electron chi connectivity index (χ2n) is 9.01. The van der Waals surface area contributed by atoms with Crippen molar-refractivity contribution in [1.82, 2.24) is 15.4 Å². The first-order chi connectivity index (χ1) is 18.3. The third kappa shape index (κ3) is 9.06. The number of carbonyl (C=O) groups excluding carboxylic acids is 7. The maximum absolute atomic E-state index is 12.4. The van der Waals surface area contributed by atoms with E-state index in [1.807, 2.05) is 0 Å². The van der Waals surface area contributed by atoms with E-state index < -0.39 is 63.1 Å². The summed E-state index contributed by atoms with van der Waals surface area (Å²) in [6.45, 7) is 0.0518. The summed E-state index contributed by atoms with van der Waals surface area (Å²) in [5, 5.41) is 3.33. The van der Waals surface area contributed by atoms with Crippen LogP contribution in [0, 0.1) is 0 Å². The van der Waals surface area contributed by atoms with Crippen LogP contribution in [0.5, 0.6) is 0 Å². The number of hydrogen-bond donors (Lipinski definition) is 4. The molecule has 1 aromatic rings. The van der Waals surface area contributed by atoms with E-state index in [-0.39, 0.29) is 62.2 Å². The van der Waals surface area contributed by atoms with E-state index in [1.54, 1.807) is 0 Å². The van der Waals surface area contributed by atoms with Crippen LogP contribution in [0.15, 0.2) is 18.2 Å². The monoisotopic (exact) mass is 565 g/mol. The summed E-state index contributed by atoms with van der Waals surface area (Å²) in [6.07, 6.45) is -1.26. The highest BCUT2D eigenvalue weighted by molar-refractivity contribution is 6.56. The third-order valence-electron chi connectivity index (χ3n) is 5.58. The van der Waals surface area contributed by atoms with E-state index in [0.29, 0.717) is 15.7 Å². The number of benzene rings is 1. The smallest absolute Gasteiger partial charge is 0.390 e. The van der Waals surface area contributed by atoms with Gasteiger partial charge in [0.15, 0.2) is 0 Å². The molecular weight excluding hydrogens is 538 g/mol. The molecule has 2 aliphatic rings. The Labute approximate surface area is 222 Å². The lowest BCUT2D eigenvalue weighted by molar-refractivity contribution is -0.197. The zero-order valence-electron chi connectivity index (χ0n) is 20.7. The molecule has 3 rings (SSSR count). The van der Waals surface area contributed by atoms with Gasteiger partial charge in [-0.05, 0) is 23.1 Å². The number of amides is 5. The zero-order valence-corrected chi connectivity index (χ0v) is 21.7. The highest BCUT2D eigenvalue weighted by atomic mass is 28.4. The van der Waals surface area contributed by atoms with E-state index in [2.05, 4.69) is 5.32 Å². The normalized spacial score (nSPS) is 15.7. The molecule has 2 saturated heterocycles. The molecule has 0 spiro atoms. The molecule has 4 N–H and O–H groups in total. The van der Waals surface area contributed by atoms with Crippen molar-refractivity contribution in [3.8, 4) is 0 Å². The van der Waals surface area contributed by atoms with E-state index in [4.69, 9.17) is 24.1 Å².